The molecule has 0 saturated heterocycles. The Hall–Kier alpha value is -2.27. The molecule has 0 saturated carbocycles. The summed E-state index contributed by atoms with van der Waals surface area (Å²) in [5.41, 5.74) is 7.54. The van der Waals surface area contributed by atoms with E-state index in [1.165, 1.54) is 0 Å². The molecule has 0 aliphatic heterocycles. The molecule has 1 aromatic carbocycles. The molecule has 23 heavy (non-hydrogen) atoms. The van der Waals surface area contributed by atoms with Gasteiger partial charge >= 0.3 is 0 Å². The second-order valence-corrected chi connectivity index (χ2v) is 5.54. The minimum atomic E-state index is -0.127. The lowest BCUT2D eigenvalue weighted by Crippen LogP contribution is -2.15. The third-order valence-corrected chi connectivity index (χ3v) is 2.89. The van der Waals surface area contributed by atoms with Crippen LogP contribution < -0.4 is 15.8 Å². The number of carbonyl (C=O) groups excluding carboxylic acids is 1. The predicted molar refractivity (Wildman–Crippen MR) is 95.0 cm³/mol. The zero-order valence-corrected chi connectivity index (χ0v) is 14.1. The van der Waals surface area contributed by atoms with Crippen molar-refractivity contribution in [2.45, 2.75) is 20.3 Å². The number of rotatable bonds is 6. The summed E-state index contributed by atoms with van der Waals surface area (Å²) in [7, 11) is 0. The number of carbonyl (C=O) groups is 1. The van der Waals surface area contributed by atoms with Crippen molar-refractivity contribution < 1.29 is 9.53 Å². The van der Waals surface area contributed by atoms with Crippen molar-refractivity contribution in [2.75, 3.05) is 17.7 Å². The average Bonchev–Trinajstić information content (AvgIpc) is 2.48. The van der Waals surface area contributed by atoms with E-state index in [0.717, 1.165) is 5.75 Å². The van der Waals surface area contributed by atoms with Crippen LogP contribution in [-0.2, 0) is 11.2 Å². The van der Waals surface area contributed by atoms with Gasteiger partial charge in [-0.15, -0.1) is 12.4 Å². The van der Waals surface area contributed by atoms with E-state index in [2.05, 4.69) is 24.1 Å². The fourth-order valence-corrected chi connectivity index (χ4v) is 1.84. The first-order valence-corrected chi connectivity index (χ1v) is 7.26. The summed E-state index contributed by atoms with van der Waals surface area (Å²) in [6, 6.07) is 10.9. The van der Waals surface area contributed by atoms with E-state index in [9.17, 15) is 4.79 Å². The number of nitrogens with two attached hydrogens (primary N) is 1. The number of nitrogens with one attached hydrogen (secondary N) is 1. The molecule has 2 aromatic rings. The van der Waals surface area contributed by atoms with E-state index in [4.69, 9.17) is 10.5 Å². The van der Waals surface area contributed by atoms with Gasteiger partial charge in [0, 0.05) is 17.4 Å². The molecular weight excluding hydrogens is 314 g/mol. The van der Waals surface area contributed by atoms with Crippen LogP contribution in [0.4, 0.5) is 11.4 Å². The number of pyridine rings is 1. The third kappa shape index (κ3) is 6.57. The van der Waals surface area contributed by atoms with E-state index in [0.29, 0.717) is 29.6 Å². The highest BCUT2D eigenvalue weighted by molar-refractivity contribution is 5.92. The number of nitrogen functional groups attached to an aromatic ring is 1. The van der Waals surface area contributed by atoms with Crippen LogP contribution in [0.5, 0.6) is 5.75 Å². The van der Waals surface area contributed by atoms with E-state index < -0.39 is 0 Å². The largest absolute Gasteiger partial charge is 0.493 e. The number of benzene rings is 1. The van der Waals surface area contributed by atoms with Gasteiger partial charge in [0.05, 0.1) is 24.9 Å². The van der Waals surface area contributed by atoms with E-state index in [-0.39, 0.29) is 24.7 Å². The van der Waals surface area contributed by atoms with E-state index in [1.54, 1.807) is 18.3 Å². The normalized spacial score (nSPS) is 10.0. The van der Waals surface area contributed by atoms with Gasteiger partial charge in [-0.05, 0) is 30.2 Å². The zero-order chi connectivity index (χ0) is 15.9. The number of hydrogen-bond donors (Lipinski definition) is 2. The Kier molecular flexibility index (Phi) is 7.35. The molecule has 0 aliphatic carbocycles. The van der Waals surface area contributed by atoms with Crippen molar-refractivity contribution in [1.82, 2.24) is 4.98 Å². The Balaban J connectivity index is 0.00000264. The maximum Gasteiger partial charge on any atom is 0.230 e. The van der Waals surface area contributed by atoms with E-state index >= 15 is 0 Å². The summed E-state index contributed by atoms with van der Waals surface area (Å²) in [5, 5.41) is 2.84. The molecule has 2 rings (SSSR count). The predicted octanol–water partition coefficient (Wildman–Crippen LogP) is 3.30. The molecule has 0 aliphatic rings. The quantitative estimate of drug-likeness (QED) is 0.849. The monoisotopic (exact) mass is 335 g/mol. The maximum atomic E-state index is 12.0. The molecule has 0 spiro atoms. The molecule has 1 aromatic heterocycles. The summed E-state index contributed by atoms with van der Waals surface area (Å²) in [6.45, 7) is 4.82. The van der Waals surface area contributed by atoms with Crippen molar-refractivity contribution >= 4 is 29.7 Å². The van der Waals surface area contributed by atoms with Gasteiger partial charge in [0.1, 0.15) is 5.75 Å². The number of hydrogen-bond acceptors (Lipinski definition) is 4. The first-order valence-electron chi connectivity index (χ1n) is 7.26. The lowest BCUT2D eigenvalue weighted by atomic mass is 10.2. The highest BCUT2D eigenvalue weighted by Crippen LogP contribution is 2.18. The number of nitrogens with zero attached hydrogens (tertiary/aromatic N) is 1. The number of amides is 1. The van der Waals surface area contributed by atoms with Crippen molar-refractivity contribution in [3.8, 4) is 5.75 Å². The molecule has 0 bridgehead atoms. The molecule has 1 amide bonds. The maximum absolute atomic E-state index is 12.0. The number of anilines is 2. The standard InChI is InChI=1S/C17H21N3O2.ClH/c1-12(2)11-22-16-5-3-4-15(8-16)20-17(21)9-14-7-6-13(18)10-19-14;/h3-8,10,12H,9,11,18H2,1-2H3,(H,20,21);1H. The Bertz CT molecular complexity index is 630. The van der Waals surface area contributed by atoms with Crippen LogP contribution in [0.1, 0.15) is 19.5 Å². The first-order chi connectivity index (χ1) is 10.5. The molecule has 0 unspecified atom stereocenters. The smallest absolute Gasteiger partial charge is 0.230 e. The van der Waals surface area contributed by atoms with Crippen LogP contribution in [0.15, 0.2) is 42.6 Å². The second kappa shape index (κ2) is 9.00. The van der Waals surface area contributed by atoms with Crippen LogP contribution in [0.2, 0.25) is 0 Å². The fourth-order valence-electron chi connectivity index (χ4n) is 1.84. The highest BCUT2D eigenvalue weighted by atomic mass is 35.5. The topological polar surface area (TPSA) is 77.2 Å². The molecule has 0 atom stereocenters. The van der Waals surface area contributed by atoms with Gasteiger partial charge in [0.25, 0.3) is 0 Å². The molecule has 0 radical (unpaired) electrons. The summed E-state index contributed by atoms with van der Waals surface area (Å²) >= 11 is 0. The molecule has 0 fully saturated rings. The molecule has 124 valence electrons. The van der Waals surface area contributed by atoms with Crippen molar-refractivity contribution in [3.63, 3.8) is 0 Å². The third-order valence-electron chi connectivity index (χ3n) is 2.89. The van der Waals surface area contributed by atoms with Crippen LogP contribution in [0, 0.1) is 5.92 Å². The Labute approximate surface area is 142 Å². The van der Waals surface area contributed by atoms with Gasteiger partial charge in [-0.2, -0.15) is 0 Å². The number of ether oxygens (including phenoxy) is 1. The first kappa shape index (κ1) is 18.8. The SMILES string of the molecule is CC(C)COc1cccc(NC(=O)Cc2ccc(N)cn2)c1.Cl. The molecule has 1 heterocycles. The molecular formula is C17H22ClN3O2. The number of halogens is 1. The van der Waals surface area contributed by atoms with E-state index in [1.807, 2.05) is 24.3 Å². The summed E-state index contributed by atoms with van der Waals surface area (Å²) in [6.07, 6.45) is 1.75. The summed E-state index contributed by atoms with van der Waals surface area (Å²) in [5.74, 6) is 1.07. The summed E-state index contributed by atoms with van der Waals surface area (Å²) < 4.78 is 5.64. The second-order valence-electron chi connectivity index (χ2n) is 5.54. The molecule has 5 nitrogen and oxygen atoms in total. The minimum absolute atomic E-state index is 0. The van der Waals surface area contributed by atoms with Gasteiger partial charge in [-0.25, -0.2) is 0 Å². The zero-order valence-electron chi connectivity index (χ0n) is 13.3. The van der Waals surface area contributed by atoms with Gasteiger partial charge in [0.2, 0.25) is 5.91 Å². The Morgan fingerprint density at radius 1 is 1.30 bits per heavy atom. The number of aromatic nitrogens is 1. The van der Waals surface area contributed by atoms with Gasteiger partial charge in [0.15, 0.2) is 0 Å². The van der Waals surface area contributed by atoms with Crippen molar-refractivity contribution in [2.24, 2.45) is 5.92 Å². The van der Waals surface area contributed by atoms with Crippen LogP contribution >= 0.6 is 12.4 Å². The van der Waals surface area contributed by atoms with Gasteiger partial charge in [-0.3, -0.25) is 9.78 Å². The molecule has 3 N–H and O–H groups in total. The minimum Gasteiger partial charge on any atom is -0.493 e. The molecule has 6 heteroatoms. The fraction of sp³-hybridized carbons (Fsp3) is 0.294. The lowest BCUT2D eigenvalue weighted by Gasteiger charge is -2.10. The lowest BCUT2D eigenvalue weighted by molar-refractivity contribution is -0.115. The van der Waals surface area contributed by atoms with Crippen LogP contribution in [0.25, 0.3) is 0 Å². The van der Waals surface area contributed by atoms with Crippen molar-refractivity contribution in [1.29, 1.82) is 0 Å². The Morgan fingerprint density at radius 3 is 2.74 bits per heavy atom. The van der Waals surface area contributed by atoms with Crippen molar-refractivity contribution in [3.05, 3.63) is 48.3 Å². The van der Waals surface area contributed by atoms with Crippen LogP contribution in [-0.4, -0.2) is 17.5 Å². The van der Waals surface area contributed by atoms with Gasteiger partial charge < -0.3 is 15.8 Å². The van der Waals surface area contributed by atoms with Gasteiger partial charge in [-0.1, -0.05) is 19.9 Å². The average molecular weight is 336 g/mol. The Morgan fingerprint density at radius 2 is 2.09 bits per heavy atom. The summed E-state index contributed by atoms with van der Waals surface area (Å²) in [4.78, 5) is 16.1. The highest BCUT2D eigenvalue weighted by Gasteiger charge is 2.06. The van der Waals surface area contributed by atoms with Crippen LogP contribution in [0.3, 0.4) is 0 Å².